The van der Waals surface area contributed by atoms with Gasteiger partial charge in [-0.1, -0.05) is 23.7 Å². The third-order valence-electron chi connectivity index (χ3n) is 3.34. The van der Waals surface area contributed by atoms with Gasteiger partial charge >= 0.3 is 0 Å². The van der Waals surface area contributed by atoms with Gasteiger partial charge in [0, 0.05) is 18.4 Å². The van der Waals surface area contributed by atoms with Crippen molar-refractivity contribution in [3.8, 4) is 11.4 Å². The lowest BCUT2D eigenvalue weighted by atomic mass is 10.2. The summed E-state index contributed by atoms with van der Waals surface area (Å²) in [6, 6.07) is 13.5. The van der Waals surface area contributed by atoms with Gasteiger partial charge in [0.15, 0.2) is 0 Å². The van der Waals surface area contributed by atoms with Crippen LogP contribution in [0.4, 0.5) is 0 Å². The van der Waals surface area contributed by atoms with E-state index >= 15 is 0 Å². The van der Waals surface area contributed by atoms with Crippen LogP contribution in [0.15, 0.2) is 42.5 Å². The highest BCUT2D eigenvalue weighted by atomic mass is 35.5. The first kappa shape index (κ1) is 14.2. The smallest absolute Gasteiger partial charge is 0.121 e. The molecule has 3 aromatic rings. The molecule has 0 atom stereocenters. The predicted octanol–water partition coefficient (Wildman–Crippen LogP) is 4.47. The summed E-state index contributed by atoms with van der Waals surface area (Å²) in [7, 11) is 1.65. The summed E-state index contributed by atoms with van der Waals surface area (Å²) >= 11 is 12.3. The second-order valence-electron chi connectivity index (χ2n) is 4.61. The molecule has 0 spiro atoms. The van der Waals surface area contributed by atoms with Crippen molar-refractivity contribution in [2.45, 2.75) is 6.42 Å². The molecular formula is C16H14Cl2N2O. The van der Waals surface area contributed by atoms with Crippen molar-refractivity contribution in [3.63, 3.8) is 0 Å². The first-order chi connectivity index (χ1) is 10.2. The zero-order valence-corrected chi connectivity index (χ0v) is 13.0. The lowest BCUT2D eigenvalue weighted by molar-refractivity contribution is 0.415. The molecule has 3 nitrogen and oxygen atoms in total. The van der Waals surface area contributed by atoms with E-state index in [-0.39, 0.29) is 0 Å². The second-order valence-corrected chi connectivity index (χ2v) is 5.39. The fourth-order valence-corrected chi connectivity index (χ4v) is 2.78. The number of ether oxygens (including phenoxy) is 1. The fraction of sp³-hybridized carbons (Fsp3) is 0.188. The van der Waals surface area contributed by atoms with Crippen molar-refractivity contribution in [2.75, 3.05) is 13.0 Å². The molecule has 0 saturated carbocycles. The van der Waals surface area contributed by atoms with Crippen LogP contribution in [0.25, 0.3) is 16.7 Å². The van der Waals surface area contributed by atoms with Crippen molar-refractivity contribution >= 4 is 34.2 Å². The summed E-state index contributed by atoms with van der Waals surface area (Å²) < 4.78 is 7.36. The Morgan fingerprint density at radius 3 is 2.71 bits per heavy atom. The van der Waals surface area contributed by atoms with E-state index in [1.54, 1.807) is 7.11 Å². The Morgan fingerprint density at radius 2 is 2.00 bits per heavy atom. The van der Waals surface area contributed by atoms with Gasteiger partial charge in [-0.2, -0.15) is 0 Å². The number of halogens is 2. The first-order valence-corrected chi connectivity index (χ1v) is 7.52. The van der Waals surface area contributed by atoms with Gasteiger partial charge < -0.3 is 4.74 Å². The zero-order valence-electron chi connectivity index (χ0n) is 11.5. The number of alkyl halides is 1. The molecule has 0 fully saturated rings. The highest BCUT2D eigenvalue weighted by molar-refractivity contribution is 6.32. The van der Waals surface area contributed by atoms with E-state index in [4.69, 9.17) is 27.9 Å². The van der Waals surface area contributed by atoms with Crippen LogP contribution in [0.5, 0.6) is 5.75 Å². The lowest BCUT2D eigenvalue weighted by Gasteiger charge is -2.10. The van der Waals surface area contributed by atoms with Crippen LogP contribution < -0.4 is 4.74 Å². The molecule has 0 N–H and O–H groups in total. The molecular weight excluding hydrogens is 307 g/mol. The molecule has 5 heteroatoms. The third kappa shape index (κ3) is 2.59. The Morgan fingerprint density at radius 1 is 1.19 bits per heavy atom. The summed E-state index contributed by atoms with van der Waals surface area (Å²) in [5, 5.41) is 0.676. The summed E-state index contributed by atoms with van der Waals surface area (Å²) in [6.07, 6.45) is 0.670. The van der Waals surface area contributed by atoms with Crippen molar-refractivity contribution in [2.24, 2.45) is 0 Å². The first-order valence-electron chi connectivity index (χ1n) is 6.61. The number of hydrogen-bond donors (Lipinski definition) is 0. The number of hydrogen-bond acceptors (Lipinski definition) is 2. The van der Waals surface area contributed by atoms with E-state index in [2.05, 4.69) is 4.98 Å². The normalized spacial score (nSPS) is 11.0. The van der Waals surface area contributed by atoms with Crippen LogP contribution in [0, 0.1) is 0 Å². The van der Waals surface area contributed by atoms with Gasteiger partial charge in [0.25, 0.3) is 0 Å². The highest BCUT2D eigenvalue weighted by Gasteiger charge is 2.14. The van der Waals surface area contributed by atoms with Gasteiger partial charge in [0.2, 0.25) is 0 Å². The molecule has 0 amide bonds. The van der Waals surface area contributed by atoms with E-state index in [9.17, 15) is 0 Å². The fourth-order valence-electron chi connectivity index (χ4n) is 2.39. The number of imidazole rings is 1. The van der Waals surface area contributed by atoms with Gasteiger partial charge in [0.05, 0.1) is 28.9 Å². The molecule has 3 rings (SSSR count). The van der Waals surface area contributed by atoms with Crippen molar-refractivity contribution in [1.29, 1.82) is 0 Å². The second kappa shape index (κ2) is 5.96. The van der Waals surface area contributed by atoms with Crippen LogP contribution in [0.3, 0.4) is 0 Å². The largest absolute Gasteiger partial charge is 0.497 e. The molecule has 108 valence electrons. The van der Waals surface area contributed by atoms with Crippen molar-refractivity contribution in [3.05, 3.63) is 53.3 Å². The van der Waals surface area contributed by atoms with E-state index in [0.717, 1.165) is 28.3 Å². The van der Waals surface area contributed by atoms with Crippen molar-refractivity contribution in [1.82, 2.24) is 9.55 Å². The SMILES string of the molecule is COc1ccc2nc(CCCl)n(-c3ccccc3Cl)c2c1. The average molecular weight is 321 g/mol. The van der Waals surface area contributed by atoms with Crippen LogP contribution in [0.2, 0.25) is 5.02 Å². The maximum Gasteiger partial charge on any atom is 0.121 e. The van der Waals surface area contributed by atoms with Gasteiger partial charge in [-0.25, -0.2) is 4.98 Å². The van der Waals surface area contributed by atoms with E-state index in [1.165, 1.54) is 0 Å². The number of para-hydroxylation sites is 1. The molecule has 1 aromatic heterocycles. The summed E-state index contributed by atoms with van der Waals surface area (Å²) in [5.41, 5.74) is 2.76. The molecule has 21 heavy (non-hydrogen) atoms. The number of rotatable bonds is 4. The number of benzene rings is 2. The Balaban J connectivity index is 2.31. The quantitative estimate of drug-likeness (QED) is 0.663. The summed E-state index contributed by atoms with van der Waals surface area (Å²) in [4.78, 5) is 4.66. The molecule has 0 saturated heterocycles. The Labute approximate surface area is 133 Å². The highest BCUT2D eigenvalue weighted by Crippen LogP contribution is 2.29. The Bertz CT molecular complexity index is 783. The summed E-state index contributed by atoms with van der Waals surface area (Å²) in [5.74, 6) is 2.18. The number of nitrogens with zero attached hydrogens (tertiary/aromatic N) is 2. The summed E-state index contributed by atoms with van der Waals surface area (Å²) in [6.45, 7) is 0. The minimum atomic E-state index is 0.505. The molecule has 0 aliphatic rings. The minimum Gasteiger partial charge on any atom is -0.497 e. The Kier molecular flexibility index (Phi) is 4.04. The number of methoxy groups -OCH3 is 1. The molecule has 0 unspecified atom stereocenters. The van der Waals surface area contributed by atoms with E-state index < -0.39 is 0 Å². The van der Waals surface area contributed by atoms with Crippen LogP contribution >= 0.6 is 23.2 Å². The molecule has 0 bridgehead atoms. The lowest BCUT2D eigenvalue weighted by Crippen LogP contribution is -2.02. The van der Waals surface area contributed by atoms with Crippen molar-refractivity contribution < 1.29 is 4.74 Å². The topological polar surface area (TPSA) is 27.1 Å². The molecule has 0 aliphatic heterocycles. The van der Waals surface area contributed by atoms with Gasteiger partial charge in [0.1, 0.15) is 11.6 Å². The molecule has 2 aromatic carbocycles. The van der Waals surface area contributed by atoms with Crippen LogP contribution in [-0.2, 0) is 6.42 Å². The maximum absolute atomic E-state index is 6.35. The molecule has 1 heterocycles. The standard InChI is InChI=1S/C16H14Cl2N2O/c1-21-11-6-7-13-15(10-11)20(16(19-13)8-9-17)14-5-3-2-4-12(14)18/h2-7,10H,8-9H2,1H3. The average Bonchev–Trinajstić information content (AvgIpc) is 2.85. The van der Waals surface area contributed by atoms with Gasteiger partial charge in [-0.15, -0.1) is 11.6 Å². The predicted molar refractivity (Wildman–Crippen MR) is 87.1 cm³/mol. The third-order valence-corrected chi connectivity index (χ3v) is 3.85. The monoisotopic (exact) mass is 320 g/mol. The number of aryl methyl sites for hydroxylation is 1. The number of fused-ring (bicyclic) bond motifs is 1. The molecule has 0 aliphatic carbocycles. The Hall–Kier alpha value is -1.71. The van der Waals surface area contributed by atoms with Gasteiger partial charge in [-0.3, -0.25) is 4.57 Å². The van der Waals surface area contributed by atoms with Gasteiger partial charge in [-0.05, 0) is 24.3 Å². The molecule has 0 radical (unpaired) electrons. The van der Waals surface area contributed by atoms with Crippen LogP contribution in [0.1, 0.15) is 5.82 Å². The van der Waals surface area contributed by atoms with E-state index in [1.807, 2.05) is 47.0 Å². The van der Waals surface area contributed by atoms with Crippen LogP contribution in [-0.4, -0.2) is 22.5 Å². The minimum absolute atomic E-state index is 0.505. The zero-order chi connectivity index (χ0) is 14.8. The number of aromatic nitrogens is 2. The van der Waals surface area contributed by atoms with E-state index in [0.29, 0.717) is 17.3 Å². The maximum atomic E-state index is 6.35.